The van der Waals surface area contributed by atoms with Gasteiger partial charge in [-0.2, -0.15) is 0 Å². The quantitative estimate of drug-likeness (QED) is 0.567. The lowest BCUT2D eigenvalue weighted by molar-refractivity contribution is 0.0474. The van der Waals surface area contributed by atoms with E-state index in [1.165, 1.54) is 12.1 Å². The van der Waals surface area contributed by atoms with Crippen molar-refractivity contribution in [2.75, 3.05) is 13.2 Å². The normalized spacial score (nSPS) is 11.0. The highest BCUT2D eigenvalue weighted by atomic mass is 35.5. The molecule has 2 rings (SSSR count). The van der Waals surface area contributed by atoms with Crippen molar-refractivity contribution in [3.63, 3.8) is 0 Å². The standard InChI is InChI=1S/C17H16ClNO6S/c1-2-24-12-5-3-11(4-6-12)16(20)10-25-17(21)14-9-13(26(19,22)23)7-8-15(14)18/h3-9H,2,10H2,1H3,(H2,19,22,23). The van der Waals surface area contributed by atoms with Crippen LogP contribution in [-0.2, 0) is 14.8 Å². The summed E-state index contributed by atoms with van der Waals surface area (Å²) >= 11 is 5.89. The van der Waals surface area contributed by atoms with E-state index in [2.05, 4.69) is 0 Å². The van der Waals surface area contributed by atoms with Gasteiger partial charge in [0.1, 0.15) is 5.75 Å². The molecule has 26 heavy (non-hydrogen) atoms. The van der Waals surface area contributed by atoms with Gasteiger partial charge in [-0.05, 0) is 49.4 Å². The van der Waals surface area contributed by atoms with Gasteiger partial charge in [-0.15, -0.1) is 0 Å². The fourth-order valence-electron chi connectivity index (χ4n) is 2.03. The van der Waals surface area contributed by atoms with Crippen molar-refractivity contribution in [2.45, 2.75) is 11.8 Å². The first-order valence-electron chi connectivity index (χ1n) is 7.48. The summed E-state index contributed by atoms with van der Waals surface area (Å²) in [6, 6.07) is 9.74. The molecule has 2 aromatic carbocycles. The van der Waals surface area contributed by atoms with Crippen LogP contribution in [0.1, 0.15) is 27.6 Å². The predicted octanol–water partition coefficient (Wildman–Crippen LogP) is 2.43. The Morgan fingerprint density at radius 3 is 2.35 bits per heavy atom. The van der Waals surface area contributed by atoms with Crippen LogP contribution < -0.4 is 9.88 Å². The molecule has 0 saturated heterocycles. The third kappa shape index (κ3) is 5.04. The van der Waals surface area contributed by atoms with E-state index in [1.807, 2.05) is 6.92 Å². The molecule has 0 fully saturated rings. The number of Topliss-reactive ketones (excluding diaryl/α,β-unsaturated/α-hetero) is 1. The molecule has 0 amide bonds. The van der Waals surface area contributed by atoms with E-state index in [9.17, 15) is 18.0 Å². The predicted molar refractivity (Wildman–Crippen MR) is 95.0 cm³/mol. The van der Waals surface area contributed by atoms with Gasteiger partial charge in [0.05, 0.1) is 22.1 Å². The van der Waals surface area contributed by atoms with Crippen molar-refractivity contribution >= 4 is 33.4 Å². The van der Waals surface area contributed by atoms with Gasteiger partial charge in [-0.1, -0.05) is 11.6 Å². The Morgan fingerprint density at radius 2 is 1.77 bits per heavy atom. The number of hydrogen-bond donors (Lipinski definition) is 1. The number of carbonyl (C=O) groups is 2. The highest BCUT2D eigenvalue weighted by Gasteiger charge is 2.18. The van der Waals surface area contributed by atoms with Crippen LogP contribution in [0, 0.1) is 0 Å². The van der Waals surface area contributed by atoms with Crippen LogP contribution in [0.4, 0.5) is 0 Å². The Morgan fingerprint density at radius 1 is 1.12 bits per heavy atom. The number of ketones is 1. The summed E-state index contributed by atoms with van der Waals surface area (Å²) in [5.41, 5.74) is 0.142. The molecule has 0 saturated carbocycles. The van der Waals surface area contributed by atoms with Crippen molar-refractivity contribution in [1.82, 2.24) is 0 Å². The molecule has 2 aromatic rings. The van der Waals surface area contributed by atoms with E-state index >= 15 is 0 Å². The molecule has 9 heteroatoms. The first kappa shape index (κ1) is 19.9. The van der Waals surface area contributed by atoms with E-state index in [-0.39, 0.29) is 15.5 Å². The zero-order valence-electron chi connectivity index (χ0n) is 13.8. The van der Waals surface area contributed by atoms with Gasteiger partial charge in [0.15, 0.2) is 12.4 Å². The third-order valence-corrected chi connectivity index (χ3v) is 4.55. The Labute approximate surface area is 155 Å². The lowest BCUT2D eigenvalue weighted by atomic mass is 10.1. The van der Waals surface area contributed by atoms with Crippen LogP contribution in [0.25, 0.3) is 0 Å². The maximum absolute atomic E-state index is 12.1. The van der Waals surface area contributed by atoms with Gasteiger partial charge >= 0.3 is 5.97 Å². The molecule has 138 valence electrons. The molecule has 0 radical (unpaired) electrons. The molecule has 0 unspecified atom stereocenters. The smallest absolute Gasteiger partial charge is 0.340 e. The van der Waals surface area contributed by atoms with Crippen LogP contribution in [0.5, 0.6) is 5.75 Å². The van der Waals surface area contributed by atoms with Crippen LogP contribution >= 0.6 is 11.6 Å². The number of sulfonamides is 1. The van der Waals surface area contributed by atoms with Crippen molar-refractivity contribution < 1.29 is 27.5 Å². The van der Waals surface area contributed by atoms with Crippen LogP contribution in [0.15, 0.2) is 47.4 Å². The number of ether oxygens (including phenoxy) is 2. The Hall–Kier alpha value is -2.42. The van der Waals surface area contributed by atoms with E-state index < -0.39 is 28.4 Å². The molecule has 0 spiro atoms. The summed E-state index contributed by atoms with van der Waals surface area (Å²) in [6.45, 7) is 1.82. The number of primary sulfonamides is 1. The van der Waals surface area contributed by atoms with Crippen LogP contribution in [-0.4, -0.2) is 33.4 Å². The highest BCUT2D eigenvalue weighted by Crippen LogP contribution is 2.21. The second-order valence-corrected chi connectivity index (χ2v) is 7.11. The van der Waals surface area contributed by atoms with Gasteiger partial charge in [0, 0.05) is 5.56 Å². The summed E-state index contributed by atoms with van der Waals surface area (Å²) in [7, 11) is -4.00. The van der Waals surface area contributed by atoms with E-state index in [1.54, 1.807) is 24.3 Å². The molecule has 0 heterocycles. The number of halogens is 1. The molecule has 7 nitrogen and oxygen atoms in total. The minimum absolute atomic E-state index is 0.0177. The van der Waals surface area contributed by atoms with E-state index in [4.69, 9.17) is 26.2 Å². The van der Waals surface area contributed by atoms with Crippen molar-refractivity contribution in [1.29, 1.82) is 0 Å². The maximum atomic E-state index is 12.1. The zero-order chi connectivity index (χ0) is 19.3. The maximum Gasteiger partial charge on any atom is 0.340 e. The summed E-state index contributed by atoms with van der Waals surface area (Å²) in [4.78, 5) is 23.9. The summed E-state index contributed by atoms with van der Waals surface area (Å²) in [6.07, 6.45) is 0. The fraction of sp³-hybridized carbons (Fsp3) is 0.176. The number of benzene rings is 2. The average molecular weight is 398 g/mol. The molecule has 0 atom stereocenters. The molecule has 2 N–H and O–H groups in total. The van der Waals surface area contributed by atoms with Crippen molar-refractivity contribution in [3.8, 4) is 5.75 Å². The average Bonchev–Trinajstić information content (AvgIpc) is 2.59. The molecule has 0 aliphatic rings. The Kier molecular flexibility index (Phi) is 6.36. The SMILES string of the molecule is CCOc1ccc(C(=O)COC(=O)c2cc(S(N)(=O)=O)ccc2Cl)cc1. The molecule has 0 aromatic heterocycles. The van der Waals surface area contributed by atoms with Crippen molar-refractivity contribution in [3.05, 3.63) is 58.6 Å². The summed E-state index contributed by atoms with van der Waals surface area (Å²) in [5.74, 6) is -0.743. The lowest BCUT2D eigenvalue weighted by Crippen LogP contribution is -2.16. The summed E-state index contributed by atoms with van der Waals surface area (Å²) in [5, 5.41) is 5.00. The number of esters is 1. The van der Waals surface area contributed by atoms with E-state index in [0.29, 0.717) is 17.9 Å². The molecule has 0 aliphatic heterocycles. The van der Waals surface area contributed by atoms with Crippen LogP contribution in [0.2, 0.25) is 5.02 Å². The molecular weight excluding hydrogens is 382 g/mol. The number of carbonyl (C=O) groups excluding carboxylic acids is 2. The monoisotopic (exact) mass is 397 g/mol. The van der Waals surface area contributed by atoms with Gasteiger partial charge in [-0.3, -0.25) is 4.79 Å². The Bertz CT molecular complexity index is 925. The van der Waals surface area contributed by atoms with Gasteiger partial charge in [-0.25, -0.2) is 18.4 Å². The Balaban J connectivity index is 2.07. The second-order valence-electron chi connectivity index (χ2n) is 5.14. The second kappa shape index (κ2) is 8.31. The lowest BCUT2D eigenvalue weighted by Gasteiger charge is -2.08. The topological polar surface area (TPSA) is 113 Å². The van der Waals surface area contributed by atoms with Gasteiger partial charge in [0.25, 0.3) is 0 Å². The van der Waals surface area contributed by atoms with Gasteiger partial charge < -0.3 is 9.47 Å². The molecular formula is C17H16ClNO6S. The van der Waals surface area contributed by atoms with Gasteiger partial charge in [0.2, 0.25) is 10.0 Å². The minimum Gasteiger partial charge on any atom is -0.494 e. The third-order valence-electron chi connectivity index (χ3n) is 3.31. The fourth-order valence-corrected chi connectivity index (χ4v) is 2.77. The largest absolute Gasteiger partial charge is 0.494 e. The highest BCUT2D eigenvalue weighted by molar-refractivity contribution is 7.89. The first-order chi connectivity index (χ1) is 12.2. The first-order valence-corrected chi connectivity index (χ1v) is 9.40. The minimum atomic E-state index is -4.00. The molecule has 0 aliphatic carbocycles. The summed E-state index contributed by atoms with van der Waals surface area (Å²) < 4.78 is 32.9. The number of nitrogens with two attached hydrogens (primary N) is 1. The van der Waals surface area contributed by atoms with Crippen LogP contribution in [0.3, 0.4) is 0 Å². The zero-order valence-corrected chi connectivity index (χ0v) is 15.3. The van der Waals surface area contributed by atoms with Crippen molar-refractivity contribution in [2.24, 2.45) is 5.14 Å². The van der Waals surface area contributed by atoms with E-state index in [0.717, 1.165) is 6.07 Å². The molecule has 0 bridgehead atoms. The number of hydrogen-bond acceptors (Lipinski definition) is 6. The number of rotatable bonds is 7.